The van der Waals surface area contributed by atoms with Crippen LogP contribution in [0, 0.1) is 6.92 Å². The fourth-order valence-electron chi connectivity index (χ4n) is 2.26. The molecule has 0 aliphatic heterocycles. The van der Waals surface area contributed by atoms with Gasteiger partial charge in [-0.1, -0.05) is 15.9 Å². The lowest BCUT2D eigenvalue weighted by Gasteiger charge is -2.12. The summed E-state index contributed by atoms with van der Waals surface area (Å²) < 4.78 is 2.08. The average molecular weight is 397 g/mol. The third kappa shape index (κ3) is 2.61. The molecule has 0 amide bonds. The topological polar surface area (TPSA) is 37.8 Å². The van der Waals surface area contributed by atoms with Gasteiger partial charge < -0.3 is 5.32 Å². The smallest absolute Gasteiger partial charge is 0.162 e. The molecule has 1 N–H and O–H groups in total. The van der Waals surface area contributed by atoms with Gasteiger partial charge in [-0.15, -0.1) is 0 Å². The highest BCUT2D eigenvalue weighted by atomic mass is 79.9. The van der Waals surface area contributed by atoms with Gasteiger partial charge in [0.1, 0.15) is 5.82 Å². The number of hydrogen-bond acceptors (Lipinski definition) is 3. The number of halogens is 2. The van der Waals surface area contributed by atoms with Gasteiger partial charge in [0.15, 0.2) is 5.82 Å². The Bertz CT molecular complexity index is 666. The van der Waals surface area contributed by atoms with Crippen molar-refractivity contribution in [2.75, 3.05) is 12.4 Å². The number of hydrogen-bond donors (Lipinski definition) is 1. The van der Waals surface area contributed by atoms with Crippen molar-refractivity contribution in [3.05, 3.63) is 38.4 Å². The van der Waals surface area contributed by atoms with Crippen molar-refractivity contribution in [3.8, 4) is 11.4 Å². The van der Waals surface area contributed by atoms with Crippen molar-refractivity contribution in [2.45, 2.75) is 25.7 Å². The van der Waals surface area contributed by atoms with Crippen molar-refractivity contribution in [1.29, 1.82) is 0 Å². The van der Waals surface area contributed by atoms with Gasteiger partial charge >= 0.3 is 0 Å². The SMILES string of the molecule is CNc1nc(-c2ccc(Br)cc2C)nc(C2CC2)c1Br. The van der Waals surface area contributed by atoms with Crippen LogP contribution in [0.4, 0.5) is 5.82 Å². The maximum Gasteiger partial charge on any atom is 0.162 e. The van der Waals surface area contributed by atoms with Crippen molar-refractivity contribution in [1.82, 2.24) is 9.97 Å². The average Bonchev–Trinajstić information content (AvgIpc) is 3.24. The fourth-order valence-corrected chi connectivity index (χ4v) is 3.43. The van der Waals surface area contributed by atoms with Crippen molar-refractivity contribution < 1.29 is 0 Å². The zero-order chi connectivity index (χ0) is 14.3. The van der Waals surface area contributed by atoms with Crippen LogP contribution in [0.3, 0.4) is 0 Å². The molecule has 20 heavy (non-hydrogen) atoms. The number of benzene rings is 1. The Morgan fingerprint density at radius 2 is 1.95 bits per heavy atom. The maximum atomic E-state index is 4.79. The summed E-state index contributed by atoms with van der Waals surface area (Å²) in [7, 11) is 1.89. The summed E-state index contributed by atoms with van der Waals surface area (Å²) >= 11 is 7.12. The second-order valence-electron chi connectivity index (χ2n) is 5.08. The Morgan fingerprint density at radius 3 is 2.55 bits per heavy atom. The van der Waals surface area contributed by atoms with Crippen LogP contribution in [0.5, 0.6) is 0 Å². The molecule has 1 saturated carbocycles. The van der Waals surface area contributed by atoms with Gasteiger partial charge in [0.2, 0.25) is 0 Å². The molecule has 1 aliphatic rings. The zero-order valence-corrected chi connectivity index (χ0v) is 14.5. The predicted octanol–water partition coefficient (Wildman–Crippen LogP) is 4.90. The molecular formula is C15H15Br2N3. The summed E-state index contributed by atoms with van der Waals surface area (Å²) in [6, 6.07) is 6.19. The molecule has 3 rings (SSSR count). The Morgan fingerprint density at radius 1 is 1.20 bits per heavy atom. The predicted molar refractivity (Wildman–Crippen MR) is 89.1 cm³/mol. The normalized spacial score (nSPS) is 14.4. The van der Waals surface area contributed by atoms with Gasteiger partial charge in [-0.3, -0.25) is 0 Å². The Kier molecular flexibility index (Phi) is 3.82. The van der Waals surface area contributed by atoms with Crippen LogP contribution in [0.15, 0.2) is 27.1 Å². The number of nitrogens with zero attached hydrogens (tertiary/aromatic N) is 2. The Hall–Kier alpha value is -0.940. The number of nitrogens with one attached hydrogen (secondary N) is 1. The molecule has 1 aliphatic carbocycles. The highest BCUT2D eigenvalue weighted by molar-refractivity contribution is 9.11. The van der Waals surface area contributed by atoms with E-state index < -0.39 is 0 Å². The van der Waals surface area contributed by atoms with Crippen LogP contribution in [0.1, 0.15) is 30.0 Å². The number of anilines is 1. The molecule has 0 bridgehead atoms. The molecule has 1 aromatic heterocycles. The van der Waals surface area contributed by atoms with Crippen LogP contribution in [-0.2, 0) is 0 Å². The monoisotopic (exact) mass is 395 g/mol. The van der Waals surface area contributed by atoms with E-state index >= 15 is 0 Å². The quantitative estimate of drug-likeness (QED) is 0.801. The Balaban J connectivity index is 2.15. The summed E-state index contributed by atoms with van der Waals surface area (Å²) in [5, 5.41) is 3.15. The molecule has 0 radical (unpaired) electrons. The van der Waals surface area contributed by atoms with E-state index in [1.54, 1.807) is 0 Å². The van der Waals surface area contributed by atoms with Gasteiger partial charge in [-0.05, 0) is 59.5 Å². The van der Waals surface area contributed by atoms with E-state index in [0.717, 1.165) is 31.8 Å². The van der Waals surface area contributed by atoms with Crippen LogP contribution in [0.2, 0.25) is 0 Å². The van der Waals surface area contributed by atoms with E-state index in [9.17, 15) is 0 Å². The minimum atomic E-state index is 0.578. The third-order valence-corrected chi connectivity index (χ3v) is 4.78. The van der Waals surface area contributed by atoms with Crippen LogP contribution in [-0.4, -0.2) is 17.0 Å². The van der Waals surface area contributed by atoms with Gasteiger partial charge in [-0.2, -0.15) is 0 Å². The lowest BCUT2D eigenvalue weighted by Crippen LogP contribution is -2.03. The molecule has 0 atom stereocenters. The van der Waals surface area contributed by atoms with Crippen LogP contribution >= 0.6 is 31.9 Å². The third-order valence-electron chi connectivity index (χ3n) is 3.51. The zero-order valence-electron chi connectivity index (χ0n) is 11.4. The summed E-state index contributed by atoms with van der Waals surface area (Å²) in [6.45, 7) is 2.08. The van der Waals surface area contributed by atoms with Gasteiger partial charge in [0.05, 0.1) is 10.2 Å². The molecule has 104 valence electrons. The van der Waals surface area contributed by atoms with Crippen LogP contribution in [0.25, 0.3) is 11.4 Å². The molecule has 1 heterocycles. The van der Waals surface area contributed by atoms with E-state index in [-0.39, 0.29) is 0 Å². The van der Waals surface area contributed by atoms with Gasteiger partial charge in [-0.25, -0.2) is 9.97 Å². The first kappa shape index (κ1) is 14.0. The summed E-state index contributed by atoms with van der Waals surface area (Å²) in [5.41, 5.74) is 3.38. The van der Waals surface area contributed by atoms with E-state index in [4.69, 9.17) is 4.98 Å². The van der Waals surface area contributed by atoms with Gasteiger partial charge in [0, 0.05) is 23.0 Å². The molecule has 0 unspecified atom stereocenters. The second-order valence-corrected chi connectivity index (χ2v) is 6.79. The highest BCUT2D eigenvalue weighted by Crippen LogP contribution is 2.44. The number of aryl methyl sites for hydroxylation is 1. The summed E-state index contributed by atoms with van der Waals surface area (Å²) in [5.74, 6) is 2.23. The van der Waals surface area contributed by atoms with Gasteiger partial charge in [0.25, 0.3) is 0 Å². The molecule has 0 saturated heterocycles. The van der Waals surface area contributed by atoms with Crippen molar-refractivity contribution in [2.24, 2.45) is 0 Å². The number of rotatable bonds is 3. The molecule has 1 aromatic carbocycles. The largest absolute Gasteiger partial charge is 0.372 e. The van der Waals surface area contributed by atoms with E-state index in [0.29, 0.717) is 5.92 Å². The molecule has 2 aromatic rings. The second kappa shape index (κ2) is 5.45. The minimum absolute atomic E-state index is 0.578. The molecule has 3 nitrogen and oxygen atoms in total. The molecule has 5 heteroatoms. The lowest BCUT2D eigenvalue weighted by atomic mass is 10.1. The highest BCUT2D eigenvalue weighted by Gasteiger charge is 2.29. The first-order valence-electron chi connectivity index (χ1n) is 6.62. The van der Waals surface area contributed by atoms with E-state index in [1.165, 1.54) is 18.4 Å². The minimum Gasteiger partial charge on any atom is -0.372 e. The van der Waals surface area contributed by atoms with E-state index in [1.807, 2.05) is 13.1 Å². The fraction of sp³-hybridized carbons (Fsp3) is 0.333. The molecule has 0 spiro atoms. The standard InChI is InChI=1S/C15H15Br2N3/c1-8-7-10(16)5-6-11(8)14-19-13(9-3-4-9)12(17)15(18-2)20-14/h5-7,9H,3-4H2,1-2H3,(H,18,19,20). The van der Waals surface area contributed by atoms with Crippen molar-refractivity contribution in [3.63, 3.8) is 0 Å². The lowest BCUT2D eigenvalue weighted by molar-refractivity contribution is 0.979. The molecule has 1 fully saturated rings. The Labute approximate surface area is 135 Å². The first-order chi connectivity index (χ1) is 9.60. The van der Waals surface area contributed by atoms with Crippen molar-refractivity contribution >= 4 is 37.7 Å². The van der Waals surface area contributed by atoms with Crippen LogP contribution < -0.4 is 5.32 Å². The molecular weight excluding hydrogens is 382 g/mol. The summed E-state index contributed by atoms with van der Waals surface area (Å²) in [6.07, 6.45) is 2.44. The summed E-state index contributed by atoms with van der Waals surface area (Å²) in [4.78, 5) is 9.43. The van der Waals surface area contributed by atoms with E-state index in [2.05, 4.69) is 61.2 Å². The first-order valence-corrected chi connectivity index (χ1v) is 8.20. The maximum absolute atomic E-state index is 4.79. The number of aromatic nitrogens is 2.